The second kappa shape index (κ2) is 5.71. The highest BCUT2D eigenvalue weighted by Gasteiger charge is 2.16. The van der Waals surface area contributed by atoms with Gasteiger partial charge in [0, 0.05) is 31.6 Å². The number of benzene rings is 1. The summed E-state index contributed by atoms with van der Waals surface area (Å²) in [6, 6.07) is 3.41. The van der Waals surface area contributed by atoms with E-state index >= 15 is 0 Å². The van der Waals surface area contributed by atoms with Gasteiger partial charge in [0.2, 0.25) is 0 Å². The number of aryl methyl sites for hydroxylation is 2. The maximum absolute atomic E-state index is 13.5. The molecule has 0 spiro atoms. The Labute approximate surface area is 116 Å². The predicted molar refractivity (Wildman–Crippen MR) is 72.5 cm³/mol. The first-order valence-corrected chi connectivity index (χ1v) is 6.49. The molecule has 1 aromatic carbocycles. The third-order valence-corrected chi connectivity index (χ3v) is 3.57. The van der Waals surface area contributed by atoms with Crippen LogP contribution in [-0.4, -0.2) is 21.0 Å². The van der Waals surface area contributed by atoms with Crippen LogP contribution in [0.25, 0.3) is 0 Å². The first-order valence-electron chi connectivity index (χ1n) is 6.49. The van der Waals surface area contributed by atoms with Crippen LogP contribution in [0.5, 0.6) is 0 Å². The Bertz CT molecular complexity index is 623. The Balaban J connectivity index is 2.11. The van der Waals surface area contributed by atoms with Crippen molar-refractivity contribution in [1.29, 1.82) is 0 Å². The number of aromatic nitrogens is 2. The van der Waals surface area contributed by atoms with Crippen molar-refractivity contribution in [2.24, 2.45) is 7.05 Å². The topological polar surface area (TPSA) is 38.0 Å². The van der Waals surface area contributed by atoms with Gasteiger partial charge in [0.05, 0.1) is 11.8 Å². The average molecular weight is 280 g/mol. The zero-order chi connectivity index (χ0) is 14.9. The number of aliphatic hydroxyl groups is 1. The molecule has 20 heavy (non-hydrogen) atoms. The summed E-state index contributed by atoms with van der Waals surface area (Å²) < 4.78 is 28.1. The molecule has 2 rings (SSSR count). The molecule has 1 atom stereocenters. The number of halogens is 2. The molecular weight excluding hydrogens is 262 g/mol. The summed E-state index contributed by atoms with van der Waals surface area (Å²) in [6.07, 6.45) is -0.168. The van der Waals surface area contributed by atoms with Gasteiger partial charge in [0.15, 0.2) is 0 Å². The normalized spacial score (nSPS) is 12.7. The molecule has 2 aromatic rings. The summed E-state index contributed by atoms with van der Waals surface area (Å²) in [7, 11) is 1.85. The summed E-state index contributed by atoms with van der Waals surface area (Å²) in [5.74, 6) is -1.23. The highest BCUT2D eigenvalue weighted by atomic mass is 19.1. The van der Waals surface area contributed by atoms with Crippen LogP contribution in [0, 0.1) is 25.5 Å². The third kappa shape index (κ3) is 3.04. The van der Waals surface area contributed by atoms with Crippen molar-refractivity contribution in [1.82, 2.24) is 9.78 Å². The largest absolute Gasteiger partial charge is 0.392 e. The van der Waals surface area contributed by atoms with E-state index < -0.39 is 17.7 Å². The quantitative estimate of drug-likeness (QED) is 0.934. The van der Waals surface area contributed by atoms with Crippen molar-refractivity contribution >= 4 is 0 Å². The summed E-state index contributed by atoms with van der Waals surface area (Å²) >= 11 is 0. The summed E-state index contributed by atoms with van der Waals surface area (Å²) in [5, 5.41) is 14.4. The van der Waals surface area contributed by atoms with Crippen molar-refractivity contribution in [2.45, 2.75) is 32.8 Å². The van der Waals surface area contributed by atoms with Gasteiger partial charge in [-0.2, -0.15) is 5.10 Å². The standard InChI is InChI=1S/C15H18F2N2O/c1-9-14(10(2)19(3)18-9)8-13(20)6-11-4-5-12(16)7-15(11)17/h4-5,7,13,20H,6,8H2,1-3H3. The molecule has 5 heteroatoms. The van der Waals surface area contributed by atoms with Gasteiger partial charge in [-0.3, -0.25) is 4.68 Å². The van der Waals surface area contributed by atoms with Crippen molar-refractivity contribution in [3.63, 3.8) is 0 Å². The van der Waals surface area contributed by atoms with Gasteiger partial charge in [-0.1, -0.05) is 6.07 Å². The maximum atomic E-state index is 13.5. The monoisotopic (exact) mass is 280 g/mol. The van der Waals surface area contributed by atoms with Crippen molar-refractivity contribution in [2.75, 3.05) is 0 Å². The summed E-state index contributed by atoms with van der Waals surface area (Å²) in [6.45, 7) is 3.81. The molecule has 0 aliphatic rings. The van der Waals surface area contributed by atoms with Crippen LogP contribution in [0.4, 0.5) is 8.78 Å². The molecule has 3 nitrogen and oxygen atoms in total. The summed E-state index contributed by atoms with van der Waals surface area (Å²) in [5.41, 5.74) is 3.14. The number of hydrogen-bond donors (Lipinski definition) is 1. The lowest BCUT2D eigenvalue weighted by Gasteiger charge is -2.12. The van der Waals surface area contributed by atoms with E-state index in [1.54, 1.807) is 4.68 Å². The molecule has 0 bridgehead atoms. The van der Waals surface area contributed by atoms with E-state index in [0.29, 0.717) is 12.0 Å². The van der Waals surface area contributed by atoms with Crippen LogP contribution in [0.2, 0.25) is 0 Å². The van der Waals surface area contributed by atoms with Crippen LogP contribution in [0.15, 0.2) is 18.2 Å². The Hall–Kier alpha value is -1.75. The average Bonchev–Trinajstić information content (AvgIpc) is 2.60. The molecule has 1 heterocycles. The first kappa shape index (κ1) is 14.7. The van der Waals surface area contributed by atoms with E-state index in [0.717, 1.165) is 23.0 Å². The number of nitrogens with zero attached hydrogens (tertiary/aromatic N) is 2. The summed E-state index contributed by atoms with van der Waals surface area (Å²) in [4.78, 5) is 0. The van der Waals surface area contributed by atoms with E-state index in [9.17, 15) is 13.9 Å². The minimum Gasteiger partial charge on any atom is -0.392 e. The molecule has 108 valence electrons. The molecular formula is C15H18F2N2O. The van der Waals surface area contributed by atoms with Crippen LogP contribution in [0.1, 0.15) is 22.5 Å². The van der Waals surface area contributed by atoms with E-state index in [1.165, 1.54) is 12.1 Å². The van der Waals surface area contributed by atoms with Crippen LogP contribution in [-0.2, 0) is 19.9 Å². The Kier molecular flexibility index (Phi) is 4.18. The zero-order valence-electron chi connectivity index (χ0n) is 11.8. The fourth-order valence-electron chi connectivity index (χ4n) is 2.36. The lowest BCUT2D eigenvalue weighted by Crippen LogP contribution is -2.16. The minimum atomic E-state index is -0.725. The van der Waals surface area contributed by atoms with Gasteiger partial charge in [-0.25, -0.2) is 8.78 Å². The molecule has 1 aromatic heterocycles. The van der Waals surface area contributed by atoms with Crippen molar-refractivity contribution < 1.29 is 13.9 Å². The van der Waals surface area contributed by atoms with Crippen LogP contribution < -0.4 is 0 Å². The van der Waals surface area contributed by atoms with Gasteiger partial charge in [0.25, 0.3) is 0 Å². The van der Waals surface area contributed by atoms with Crippen molar-refractivity contribution in [3.8, 4) is 0 Å². The molecule has 0 aliphatic heterocycles. The molecule has 1 N–H and O–H groups in total. The second-order valence-corrected chi connectivity index (χ2v) is 5.07. The fourth-order valence-corrected chi connectivity index (χ4v) is 2.36. The van der Waals surface area contributed by atoms with E-state index in [4.69, 9.17) is 0 Å². The van der Waals surface area contributed by atoms with Crippen LogP contribution >= 0.6 is 0 Å². The molecule has 0 saturated heterocycles. The van der Waals surface area contributed by atoms with Gasteiger partial charge in [-0.15, -0.1) is 0 Å². The Morgan fingerprint density at radius 2 is 1.95 bits per heavy atom. The molecule has 0 saturated carbocycles. The van der Waals surface area contributed by atoms with E-state index in [-0.39, 0.29) is 6.42 Å². The van der Waals surface area contributed by atoms with E-state index in [1.807, 2.05) is 20.9 Å². The van der Waals surface area contributed by atoms with Gasteiger partial charge < -0.3 is 5.11 Å². The SMILES string of the molecule is Cc1nn(C)c(C)c1CC(O)Cc1ccc(F)cc1F. The minimum absolute atomic E-state index is 0.153. The number of rotatable bonds is 4. The first-order chi connectivity index (χ1) is 9.38. The second-order valence-electron chi connectivity index (χ2n) is 5.07. The highest BCUT2D eigenvalue weighted by Crippen LogP contribution is 2.17. The molecule has 1 unspecified atom stereocenters. The predicted octanol–water partition coefficient (Wildman–Crippen LogP) is 2.46. The van der Waals surface area contributed by atoms with Crippen LogP contribution in [0.3, 0.4) is 0 Å². The van der Waals surface area contributed by atoms with Gasteiger partial charge in [-0.05, 0) is 31.0 Å². The number of hydrogen-bond acceptors (Lipinski definition) is 2. The van der Waals surface area contributed by atoms with Gasteiger partial charge in [0.1, 0.15) is 11.6 Å². The molecule has 0 fully saturated rings. The van der Waals surface area contributed by atoms with Gasteiger partial charge >= 0.3 is 0 Å². The van der Waals surface area contributed by atoms with E-state index in [2.05, 4.69) is 5.10 Å². The third-order valence-electron chi connectivity index (χ3n) is 3.57. The Morgan fingerprint density at radius 3 is 2.50 bits per heavy atom. The Morgan fingerprint density at radius 1 is 1.25 bits per heavy atom. The lowest BCUT2D eigenvalue weighted by molar-refractivity contribution is 0.173. The maximum Gasteiger partial charge on any atom is 0.129 e. The molecule has 0 aliphatic carbocycles. The zero-order valence-corrected chi connectivity index (χ0v) is 11.8. The fraction of sp³-hybridized carbons (Fsp3) is 0.400. The number of aliphatic hydroxyl groups excluding tert-OH is 1. The van der Waals surface area contributed by atoms with Crippen molar-refractivity contribution in [3.05, 3.63) is 52.3 Å². The molecule has 0 amide bonds. The smallest absolute Gasteiger partial charge is 0.129 e. The molecule has 0 radical (unpaired) electrons. The highest BCUT2D eigenvalue weighted by molar-refractivity contribution is 5.26. The lowest BCUT2D eigenvalue weighted by atomic mass is 10.00.